The maximum atomic E-state index is 12.0. The molecule has 0 unspecified atom stereocenters. The largest absolute Gasteiger partial charge is 0.459 e. The Morgan fingerprint density at radius 3 is 2.53 bits per heavy atom. The highest BCUT2D eigenvalue weighted by molar-refractivity contribution is 5.78. The van der Waals surface area contributed by atoms with Crippen molar-refractivity contribution in [1.29, 1.82) is 0 Å². The van der Waals surface area contributed by atoms with Gasteiger partial charge in [0.05, 0.1) is 6.61 Å². The van der Waals surface area contributed by atoms with E-state index in [2.05, 4.69) is 0 Å². The topological polar surface area (TPSA) is 72.5 Å². The molecule has 1 fully saturated rings. The molecule has 0 saturated heterocycles. The molecule has 0 heterocycles. The molecule has 0 aliphatic heterocycles. The minimum Gasteiger partial charge on any atom is -0.459 e. The van der Waals surface area contributed by atoms with Gasteiger partial charge in [0.25, 0.3) is 0 Å². The lowest BCUT2D eigenvalue weighted by molar-refractivity contribution is -0.170. The first-order chi connectivity index (χ1) is 6.82. The molecule has 0 aromatic heterocycles. The first kappa shape index (κ1) is 12.5. The van der Waals surface area contributed by atoms with Gasteiger partial charge in [0.15, 0.2) is 0 Å². The molecule has 0 spiro atoms. The highest BCUT2D eigenvalue weighted by atomic mass is 16.6. The Morgan fingerprint density at radius 2 is 2.20 bits per heavy atom. The molecule has 1 aliphatic rings. The van der Waals surface area contributed by atoms with Crippen LogP contribution in [0.1, 0.15) is 40.0 Å². The lowest BCUT2D eigenvalue weighted by Gasteiger charge is -2.32. The van der Waals surface area contributed by atoms with Crippen molar-refractivity contribution in [3.05, 3.63) is 0 Å². The molecule has 88 valence electrons. The van der Waals surface area contributed by atoms with Gasteiger partial charge in [0.1, 0.15) is 11.0 Å². The van der Waals surface area contributed by atoms with E-state index in [1.807, 2.05) is 20.8 Å². The highest BCUT2D eigenvalue weighted by Gasteiger charge is 2.49. The summed E-state index contributed by atoms with van der Waals surface area (Å²) in [4.78, 5) is 12.0. The number of carbonyl (C=O) groups excluding carboxylic acids is 1. The van der Waals surface area contributed by atoms with E-state index in [9.17, 15) is 9.90 Å². The fourth-order valence-corrected chi connectivity index (χ4v) is 1.99. The van der Waals surface area contributed by atoms with Crippen molar-refractivity contribution in [2.45, 2.75) is 51.7 Å². The summed E-state index contributed by atoms with van der Waals surface area (Å²) in [6.07, 6.45) is 2.28. The maximum Gasteiger partial charge on any atom is 0.316 e. The summed E-state index contributed by atoms with van der Waals surface area (Å²) in [6.45, 7) is 5.23. The SMILES string of the molecule is CC(C)(C)OC(=O)[C@@]1(CO)CCC[C@@H]1N. The number of ether oxygens (including phenoxy) is 1. The van der Waals surface area contributed by atoms with E-state index in [1.165, 1.54) is 0 Å². The summed E-state index contributed by atoms with van der Waals surface area (Å²) in [6, 6.07) is -0.280. The summed E-state index contributed by atoms with van der Waals surface area (Å²) in [5.41, 5.74) is 4.49. The quantitative estimate of drug-likeness (QED) is 0.669. The maximum absolute atomic E-state index is 12.0. The molecular weight excluding hydrogens is 194 g/mol. The zero-order valence-corrected chi connectivity index (χ0v) is 9.75. The third-order valence-corrected chi connectivity index (χ3v) is 2.94. The molecule has 3 N–H and O–H groups in total. The average Bonchev–Trinajstić information content (AvgIpc) is 2.44. The van der Waals surface area contributed by atoms with Crippen molar-refractivity contribution in [2.24, 2.45) is 11.1 Å². The van der Waals surface area contributed by atoms with Crippen molar-refractivity contribution >= 4 is 5.97 Å². The number of carbonyl (C=O) groups is 1. The molecule has 1 aliphatic carbocycles. The van der Waals surface area contributed by atoms with Crippen LogP contribution in [-0.4, -0.2) is 29.3 Å². The van der Waals surface area contributed by atoms with Crippen molar-refractivity contribution in [3.8, 4) is 0 Å². The Morgan fingerprint density at radius 1 is 1.60 bits per heavy atom. The summed E-state index contributed by atoms with van der Waals surface area (Å²) >= 11 is 0. The number of hydrogen-bond donors (Lipinski definition) is 2. The van der Waals surface area contributed by atoms with E-state index < -0.39 is 11.0 Å². The molecular formula is C11H21NO3. The summed E-state index contributed by atoms with van der Waals surface area (Å²) < 4.78 is 5.31. The number of aliphatic hydroxyl groups excluding tert-OH is 1. The molecule has 0 aromatic rings. The minimum absolute atomic E-state index is 0.219. The fraction of sp³-hybridized carbons (Fsp3) is 0.909. The van der Waals surface area contributed by atoms with Crippen LogP contribution in [0.2, 0.25) is 0 Å². The van der Waals surface area contributed by atoms with Crippen LogP contribution in [0, 0.1) is 5.41 Å². The Balaban J connectivity index is 2.79. The second kappa shape index (κ2) is 4.10. The van der Waals surface area contributed by atoms with Crippen molar-refractivity contribution in [2.75, 3.05) is 6.61 Å². The number of hydrogen-bond acceptors (Lipinski definition) is 4. The van der Waals surface area contributed by atoms with Gasteiger partial charge in [-0.1, -0.05) is 6.42 Å². The van der Waals surface area contributed by atoms with Crippen molar-refractivity contribution in [1.82, 2.24) is 0 Å². The number of aliphatic hydroxyl groups is 1. The van der Waals surface area contributed by atoms with Gasteiger partial charge in [-0.2, -0.15) is 0 Å². The monoisotopic (exact) mass is 215 g/mol. The molecule has 0 bridgehead atoms. The lowest BCUT2D eigenvalue weighted by atomic mass is 9.83. The Bertz CT molecular complexity index is 247. The molecule has 15 heavy (non-hydrogen) atoms. The second-order valence-electron chi connectivity index (χ2n) is 5.31. The summed E-state index contributed by atoms with van der Waals surface area (Å²) in [7, 11) is 0. The first-order valence-corrected chi connectivity index (χ1v) is 5.42. The predicted molar refractivity (Wildman–Crippen MR) is 57.2 cm³/mol. The van der Waals surface area contributed by atoms with E-state index in [0.717, 1.165) is 12.8 Å². The summed E-state index contributed by atoms with van der Waals surface area (Å²) in [5.74, 6) is -0.359. The Kier molecular flexibility index (Phi) is 3.41. The number of nitrogens with two attached hydrogens (primary N) is 1. The number of rotatable bonds is 2. The minimum atomic E-state index is -0.868. The molecule has 1 saturated carbocycles. The molecule has 4 heteroatoms. The Hall–Kier alpha value is -0.610. The van der Waals surface area contributed by atoms with Crippen LogP contribution in [0.4, 0.5) is 0 Å². The average molecular weight is 215 g/mol. The second-order valence-corrected chi connectivity index (χ2v) is 5.31. The van der Waals surface area contributed by atoms with E-state index in [1.54, 1.807) is 0 Å². The van der Waals surface area contributed by atoms with Crippen molar-refractivity contribution in [3.63, 3.8) is 0 Å². The van der Waals surface area contributed by atoms with Crippen LogP contribution in [-0.2, 0) is 9.53 Å². The van der Waals surface area contributed by atoms with Gasteiger partial charge < -0.3 is 15.6 Å². The zero-order chi connectivity index (χ0) is 11.7. The first-order valence-electron chi connectivity index (χ1n) is 5.42. The van der Waals surface area contributed by atoms with E-state index in [4.69, 9.17) is 10.5 Å². The smallest absolute Gasteiger partial charge is 0.316 e. The third-order valence-electron chi connectivity index (χ3n) is 2.94. The van der Waals surface area contributed by atoms with Crippen LogP contribution >= 0.6 is 0 Å². The van der Waals surface area contributed by atoms with Gasteiger partial charge in [0.2, 0.25) is 0 Å². The van der Waals surface area contributed by atoms with Gasteiger partial charge in [0, 0.05) is 6.04 Å². The van der Waals surface area contributed by atoms with Gasteiger partial charge >= 0.3 is 5.97 Å². The third kappa shape index (κ3) is 2.49. The van der Waals surface area contributed by atoms with Crippen molar-refractivity contribution < 1.29 is 14.6 Å². The van der Waals surface area contributed by atoms with Gasteiger partial charge in [-0.05, 0) is 33.6 Å². The molecule has 0 aromatic carbocycles. The van der Waals surface area contributed by atoms with Gasteiger partial charge in [-0.3, -0.25) is 4.79 Å². The van der Waals surface area contributed by atoms with Gasteiger partial charge in [-0.15, -0.1) is 0 Å². The predicted octanol–water partition coefficient (Wildman–Crippen LogP) is 0.818. The standard InChI is InChI=1S/C11H21NO3/c1-10(2,3)15-9(14)11(7-13)6-4-5-8(11)12/h8,13H,4-7,12H2,1-3H3/t8-,11+/m0/s1. The lowest BCUT2D eigenvalue weighted by Crippen LogP contribution is -2.49. The summed E-state index contributed by atoms with van der Waals surface area (Å²) in [5, 5.41) is 9.37. The van der Waals surface area contributed by atoms with Gasteiger partial charge in [-0.25, -0.2) is 0 Å². The molecule has 4 nitrogen and oxygen atoms in total. The van der Waals surface area contributed by atoms with Crippen LogP contribution in [0.25, 0.3) is 0 Å². The van der Waals surface area contributed by atoms with E-state index >= 15 is 0 Å². The van der Waals surface area contributed by atoms with E-state index in [0.29, 0.717) is 6.42 Å². The normalized spacial score (nSPS) is 31.7. The highest BCUT2D eigenvalue weighted by Crippen LogP contribution is 2.38. The fourth-order valence-electron chi connectivity index (χ4n) is 1.99. The molecule has 1 rings (SSSR count). The van der Waals surface area contributed by atoms with Crippen LogP contribution in [0.5, 0.6) is 0 Å². The van der Waals surface area contributed by atoms with Crippen LogP contribution in [0.3, 0.4) is 0 Å². The van der Waals surface area contributed by atoms with Crippen LogP contribution in [0.15, 0.2) is 0 Å². The Labute approximate surface area is 90.8 Å². The van der Waals surface area contributed by atoms with Crippen LogP contribution < -0.4 is 5.73 Å². The van der Waals surface area contributed by atoms with E-state index in [-0.39, 0.29) is 18.6 Å². The number of esters is 1. The zero-order valence-electron chi connectivity index (χ0n) is 9.75. The molecule has 2 atom stereocenters. The molecule has 0 amide bonds. The molecule has 0 radical (unpaired) electrons.